The SMILES string of the molecule is O=C1Nc2cc(C(=O)NCc3ccccc3)ccc2O/C1=C/c1ccccc1Cl. The first-order chi connectivity index (χ1) is 14.1. The molecule has 2 N–H and O–H groups in total. The summed E-state index contributed by atoms with van der Waals surface area (Å²) in [6.07, 6.45) is 1.58. The largest absolute Gasteiger partial charge is 0.449 e. The highest BCUT2D eigenvalue weighted by Gasteiger charge is 2.23. The first-order valence-electron chi connectivity index (χ1n) is 9.02. The number of nitrogens with one attached hydrogen (secondary N) is 2. The molecule has 3 aromatic carbocycles. The number of amides is 2. The summed E-state index contributed by atoms with van der Waals surface area (Å²) in [5.74, 6) is -0.0445. The molecule has 0 spiro atoms. The van der Waals surface area contributed by atoms with E-state index < -0.39 is 5.91 Å². The molecule has 0 fully saturated rings. The minimum atomic E-state index is -0.403. The van der Waals surface area contributed by atoms with Crippen molar-refractivity contribution in [3.63, 3.8) is 0 Å². The predicted octanol–water partition coefficient (Wildman–Crippen LogP) is 4.64. The monoisotopic (exact) mass is 404 g/mol. The van der Waals surface area contributed by atoms with Crippen LogP contribution >= 0.6 is 11.6 Å². The molecule has 4 rings (SSSR count). The third-order valence-electron chi connectivity index (χ3n) is 4.42. The van der Waals surface area contributed by atoms with Gasteiger partial charge in [-0.15, -0.1) is 0 Å². The van der Waals surface area contributed by atoms with E-state index >= 15 is 0 Å². The lowest BCUT2D eigenvalue weighted by Gasteiger charge is -2.20. The van der Waals surface area contributed by atoms with Crippen LogP contribution < -0.4 is 15.4 Å². The average Bonchev–Trinajstić information content (AvgIpc) is 2.74. The number of hydrogen-bond donors (Lipinski definition) is 2. The maximum absolute atomic E-state index is 12.4. The van der Waals surface area contributed by atoms with E-state index in [9.17, 15) is 9.59 Å². The summed E-state index contributed by atoms with van der Waals surface area (Å²) in [7, 11) is 0. The Labute approximate surface area is 173 Å². The minimum Gasteiger partial charge on any atom is -0.449 e. The van der Waals surface area contributed by atoms with Crippen LogP contribution in [0.25, 0.3) is 6.08 Å². The lowest BCUT2D eigenvalue weighted by atomic mass is 10.1. The van der Waals surface area contributed by atoms with E-state index in [0.717, 1.165) is 5.56 Å². The third kappa shape index (κ3) is 4.31. The van der Waals surface area contributed by atoms with E-state index in [2.05, 4.69) is 10.6 Å². The van der Waals surface area contributed by atoms with Gasteiger partial charge in [0.05, 0.1) is 5.69 Å². The van der Waals surface area contributed by atoms with Crippen LogP contribution in [-0.4, -0.2) is 11.8 Å². The number of benzene rings is 3. The normalized spacial score (nSPS) is 14.0. The Morgan fingerprint density at radius 1 is 1.03 bits per heavy atom. The molecule has 0 atom stereocenters. The number of carbonyl (C=O) groups excluding carboxylic acids is 2. The second-order valence-electron chi connectivity index (χ2n) is 6.47. The van der Waals surface area contributed by atoms with E-state index in [1.165, 1.54) is 0 Å². The molecule has 0 unspecified atom stereocenters. The third-order valence-corrected chi connectivity index (χ3v) is 4.77. The number of halogens is 1. The van der Waals surface area contributed by atoms with Gasteiger partial charge in [-0.25, -0.2) is 0 Å². The number of carbonyl (C=O) groups is 2. The first-order valence-corrected chi connectivity index (χ1v) is 9.39. The van der Waals surface area contributed by atoms with Crippen LogP contribution in [0.3, 0.4) is 0 Å². The molecular weight excluding hydrogens is 388 g/mol. The Morgan fingerprint density at radius 3 is 2.59 bits per heavy atom. The summed E-state index contributed by atoms with van der Waals surface area (Å²) in [6.45, 7) is 0.421. The Morgan fingerprint density at radius 2 is 1.79 bits per heavy atom. The highest BCUT2D eigenvalue weighted by molar-refractivity contribution is 6.32. The lowest BCUT2D eigenvalue weighted by Crippen LogP contribution is -2.25. The van der Waals surface area contributed by atoms with Crippen molar-refractivity contribution in [2.24, 2.45) is 0 Å². The molecule has 0 aromatic heterocycles. The first kappa shape index (κ1) is 18.8. The van der Waals surface area contributed by atoms with Crippen molar-refractivity contribution in [1.82, 2.24) is 5.32 Å². The predicted molar refractivity (Wildman–Crippen MR) is 113 cm³/mol. The molecule has 144 valence electrons. The van der Waals surface area contributed by atoms with Gasteiger partial charge in [-0.2, -0.15) is 0 Å². The van der Waals surface area contributed by atoms with Gasteiger partial charge in [0.25, 0.3) is 11.8 Å². The van der Waals surface area contributed by atoms with E-state index in [1.807, 2.05) is 42.5 Å². The van der Waals surface area contributed by atoms with E-state index in [1.54, 1.807) is 36.4 Å². The highest BCUT2D eigenvalue weighted by atomic mass is 35.5. The molecule has 29 heavy (non-hydrogen) atoms. The highest BCUT2D eigenvalue weighted by Crippen LogP contribution is 2.33. The van der Waals surface area contributed by atoms with E-state index in [-0.39, 0.29) is 11.7 Å². The minimum absolute atomic E-state index is 0.131. The molecule has 2 amide bonds. The standard InChI is InChI=1S/C23H17ClN2O3/c24-18-9-5-4-8-16(18)13-21-23(28)26-19-12-17(10-11-20(19)29-21)22(27)25-14-15-6-2-1-3-7-15/h1-13H,14H2,(H,25,27)(H,26,28)/b21-13+. The van der Waals surface area contributed by atoms with Crippen LogP contribution in [0, 0.1) is 0 Å². The molecule has 1 heterocycles. The number of anilines is 1. The maximum Gasteiger partial charge on any atom is 0.291 e. The Kier molecular flexibility index (Phi) is 5.31. The summed E-state index contributed by atoms with van der Waals surface area (Å²) in [6, 6.07) is 21.7. The zero-order valence-electron chi connectivity index (χ0n) is 15.3. The fourth-order valence-corrected chi connectivity index (χ4v) is 3.11. The van der Waals surface area contributed by atoms with Gasteiger partial charge in [-0.1, -0.05) is 60.1 Å². The molecule has 0 saturated heterocycles. The van der Waals surface area contributed by atoms with Gasteiger partial charge in [0.2, 0.25) is 0 Å². The molecule has 6 heteroatoms. The fraction of sp³-hybridized carbons (Fsp3) is 0.0435. The number of rotatable bonds is 4. The molecule has 0 saturated carbocycles. The quantitative estimate of drug-likeness (QED) is 0.622. The average molecular weight is 405 g/mol. The van der Waals surface area contributed by atoms with Crippen molar-refractivity contribution in [3.8, 4) is 5.75 Å². The Bertz CT molecular complexity index is 1110. The van der Waals surface area contributed by atoms with E-state index in [0.29, 0.717) is 34.1 Å². The molecular formula is C23H17ClN2O3. The van der Waals surface area contributed by atoms with Crippen LogP contribution in [0.15, 0.2) is 78.6 Å². The van der Waals surface area contributed by atoms with Crippen molar-refractivity contribution in [3.05, 3.63) is 100 Å². The number of hydrogen-bond acceptors (Lipinski definition) is 3. The maximum atomic E-state index is 12.4. The van der Waals surface area contributed by atoms with Crippen LogP contribution in [0.4, 0.5) is 5.69 Å². The molecule has 0 radical (unpaired) electrons. The summed E-state index contributed by atoms with van der Waals surface area (Å²) in [4.78, 5) is 24.9. The van der Waals surface area contributed by atoms with Crippen LogP contribution in [0.2, 0.25) is 5.02 Å². The molecule has 3 aromatic rings. The second kappa shape index (κ2) is 8.20. The summed E-state index contributed by atoms with van der Waals surface area (Å²) in [5.41, 5.74) is 2.56. The Hall–Kier alpha value is -3.57. The Balaban J connectivity index is 1.50. The van der Waals surface area contributed by atoms with Crippen molar-refractivity contribution in [2.75, 3.05) is 5.32 Å². The van der Waals surface area contributed by atoms with Gasteiger partial charge in [-0.05, 0) is 41.5 Å². The fourth-order valence-electron chi connectivity index (χ4n) is 2.92. The second-order valence-corrected chi connectivity index (χ2v) is 6.87. The number of fused-ring (bicyclic) bond motifs is 1. The molecule has 1 aliphatic rings. The van der Waals surface area contributed by atoms with E-state index in [4.69, 9.17) is 16.3 Å². The molecule has 0 bridgehead atoms. The molecule has 5 nitrogen and oxygen atoms in total. The van der Waals surface area contributed by atoms with Crippen molar-refractivity contribution in [2.45, 2.75) is 6.54 Å². The van der Waals surface area contributed by atoms with Gasteiger partial charge in [-0.3, -0.25) is 9.59 Å². The van der Waals surface area contributed by atoms with Gasteiger partial charge in [0.1, 0.15) is 0 Å². The zero-order valence-corrected chi connectivity index (χ0v) is 16.1. The van der Waals surface area contributed by atoms with Crippen molar-refractivity contribution < 1.29 is 14.3 Å². The van der Waals surface area contributed by atoms with Crippen molar-refractivity contribution >= 4 is 35.2 Å². The van der Waals surface area contributed by atoms with Crippen molar-refractivity contribution in [1.29, 1.82) is 0 Å². The van der Waals surface area contributed by atoms with Crippen LogP contribution in [0.5, 0.6) is 5.75 Å². The topological polar surface area (TPSA) is 67.4 Å². The summed E-state index contributed by atoms with van der Waals surface area (Å²) >= 11 is 6.14. The summed E-state index contributed by atoms with van der Waals surface area (Å²) in [5, 5.41) is 6.15. The van der Waals surface area contributed by atoms with Gasteiger partial charge >= 0.3 is 0 Å². The van der Waals surface area contributed by atoms with Gasteiger partial charge < -0.3 is 15.4 Å². The van der Waals surface area contributed by atoms with Gasteiger partial charge in [0, 0.05) is 17.1 Å². The zero-order chi connectivity index (χ0) is 20.2. The van der Waals surface area contributed by atoms with Gasteiger partial charge in [0.15, 0.2) is 11.5 Å². The molecule has 0 aliphatic carbocycles. The number of ether oxygens (including phenoxy) is 1. The van der Waals surface area contributed by atoms with Crippen LogP contribution in [0.1, 0.15) is 21.5 Å². The van der Waals surface area contributed by atoms with Crippen LogP contribution in [-0.2, 0) is 11.3 Å². The smallest absolute Gasteiger partial charge is 0.291 e. The molecule has 1 aliphatic heterocycles. The lowest BCUT2D eigenvalue weighted by molar-refractivity contribution is -0.115. The summed E-state index contributed by atoms with van der Waals surface area (Å²) < 4.78 is 5.73.